The maximum atomic E-state index is 12.5. The highest BCUT2D eigenvalue weighted by atomic mass is 32.2. The summed E-state index contributed by atoms with van der Waals surface area (Å²) in [6.45, 7) is 4.03. The number of hydrogen-bond donors (Lipinski definition) is 3. The largest absolute Gasteiger partial charge is 0.494 e. The topological polar surface area (TPSA) is 105 Å². The van der Waals surface area contributed by atoms with E-state index in [9.17, 15) is 18.3 Å². The van der Waals surface area contributed by atoms with Gasteiger partial charge >= 0.3 is 5.97 Å². The molecular weight excluding hydrogens is 344 g/mol. The summed E-state index contributed by atoms with van der Waals surface area (Å²) in [6, 6.07) is 4.93. The molecule has 140 valence electrons. The second kappa shape index (κ2) is 9.17. The maximum absolute atomic E-state index is 12.5. The van der Waals surface area contributed by atoms with Crippen LogP contribution in [0.1, 0.15) is 32.6 Å². The molecule has 0 aliphatic carbocycles. The van der Waals surface area contributed by atoms with Gasteiger partial charge in [-0.25, -0.2) is 8.42 Å². The summed E-state index contributed by atoms with van der Waals surface area (Å²) < 4.78 is 32.9. The lowest BCUT2D eigenvalue weighted by Gasteiger charge is -2.28. The number of carboxylic acids is 1. The Kier molecular flexibility index (Phi) is 7.22. The first-order valence-corrected chi connectivity index (χ1v) is 10.1. The van der Waals surface area contributed by atoms with Gasteiger partial charge in [0, 0.05) is 0 Å². The van der Waals surface area contributed by atoms with Crippen LogP contribution >= 0.6 is 0 Å². The second-order valence-electron chi connectivity index (χ2n) is 6.20. The quantitative estimate of drug-likeness (QED) is 0.570. The van der Waals surface area contributed by atoms with Crippen molar-refractivity contribution in [2.75, 3.05) is 19.7 Å². The Labute approximate surface area is 148 Å². The molecule has 7 nitrogen and oxygen atoms in total. The molecule has 1 aliphatic heterocycles. The smallest absolute Gasteiger partial charge is 0.322 e. The average Bonchev–Trinajstić information content (AvgIpc) is 2.61. The van der Waals surface area contributed by atoms with E-state index in [0.717, 1.165) is 12.8 Å². The fourth-order valence-corrected chi connectivity index (χ4v) is 4.07. The standard InChI is InChI=1S/C17H26N2O5S/c1-2-3-12-24-14-4-6-15(7-5-14)25(22,23)19-16(17(20)21)13-8-10-18-11-9-13/h4-7,13,16,18-19H,2-3,8-12H2,1H3,(H,20,21). The number of carboxylic acid groups (broad SMARTS) is 1. The highest BCUT2D eigenvalue weighted by molar-refractivity contribution is 7.89. The number of ether oxygens (including phenoxy) is 1. The number of rotatable bonds is 9. The minimum absolute atomic E-state index is 0.0375. The van der Waals surface area contributed by atoms with Gasteiger partial charge in [-0.2, -0.15) is 4.72 Å². The highest BCUT2D eigenvalue weighted by Crippen LogP contribution is 2.21. The van der Waals surface area contributed by atoms with Gasteiger partial charge in [0.2, 0.25) is 10.0 Å². The third-order valence-corrected chi connectivity index (χ3v) is 5.76. The van der Waals surface area contributed by atoms with Crippen LogP contribution in [-0.2, 0) is 14.8 Å². The Morgan fingerprint density at radius 1 is 1.32 bits per heavy atom. The van der Waals surface area contributed by atoms with Crippen molar-refractivity contribution in [1.29, 1.82) is 0 Å². The Morgan fingerprint density at radius 3 is 2.52 bits per heavy atom. The summed E-state index contributed by atoms with van der Waals surface area (Å²) in [5, 5.41) is 12.6. The fraction of sp³-hybridized carbons (Fsp3) is 0.588. The number of piperidine rings is 1. The monoisotopic (exact) mass is 370 g/mol. The van der Waals surface area contributed by atoms with Crippen molar-refractivity contribution >= 4 is 16.0 Å². The number of sulfonamides is 1. The zero-order chi connectivity index (χ0) is 18.3. The number of benzene rings is 1. The van der Waals surface area contributed by atoms with Gasteiger partial charge in [-0.15, -0.1) is 0 Å². The molecule has 0 radical (unpaired) electrons. The van der Waals surface area contributed by atoms with Gasteiger partial charge in [0.15, 0.2) is 0 Å². The summed E-state index contributed by atoms with van der Waals surface area (Å²) in [7, 11) is -3.90. The van der Waals surface area contributed by atoms with E-state index in [-0.39, 0.29) is 10.8 Å². The molecule has 1 fully saturated rings. The molecule has 1 aromatic carbocycles. The molecule has 1 aliphatic rings. The highest BCUT2D eigenvalue weighted by Gasteiger charge is 2.33. The molecule has 1 saturated heterocycles. The van der Waals surface area contributed by atoms with Gasteiger partial charge in [0.1, 0.15) is 11.8 Å². The van der Waals surface area contributed by atoms with Crippen molar-refractivity contribution in [1.82, 2.24) is 10.0 Å². The third kappa shape index (κ3) is 5.69. The van der Waals surface area contributed by atoms with E-state index in [1.54, 1.807) is 12.1 Å². The summed E-state index contributed by atoms with van der Waals surface area (Å²) in [6.07, 6.45) is 3.20. The molecule has 0 saturated carbocycles. The Morgan fingerprint density at radius 2 is 1.96 bits per heavy atom. The molecule has 0 spiro atoms. The van der Waals surface area contributed by atoms with Gasteiger partial charge < -0.3 is 15.2 Å². The molecule has 1 heterocycles. The summed E-state index contributed by atoms with van der Waals surface area (Å²) >= 11 is 0. The molecular formula is C17H26N2O5S. The van der Waals surface area contributed by atoms with Gasteiger partial charge in [0.25, 0.3) is 0 Å². The van der Waals surface area contributed by atoms with E-state index in [1.165, 1.54) is 12.1 Å². The number of unbranched alkanes of at least 4 members (excludes halogenated alkanes) is 1. The lowest BCUT2D eigenvalue weighted by Crippen LogP contribution is -2.48. The first-order valence-electron chi connectivity index (χ1n) is 8.62. The zero-order valence-electron chi connectivity index (χ0n) is 14.4. The van der Waals surface area contributed by atoms with Crippen molar-refractivity contribution < 1.29 is 23.1 Å². The van der Waals surface area contributed by atoms with E-state index in [1.807, 2.05) is 0 Å². The van der Waals surface area contributed by atoms with Crippen LogP contribution in [0, 0.1) is 5.92 Å². The molecule has 1 aromatic rings. The Hall–Kier alpha value is -1.64. The van der Waals surface area contributed by atoms with Crippen LogP contribution in [0.4, 0.5) is 0 Å². The zero-order valence-corrected chi connectivity index (χ0v) is 15.2. The average molecular weight is 370 g/mol. The third-order valence-electron chi connectivity index (χ3n) is 4.30. The van der Waals surface area contributed by atoms with E-state index < -0.39 is 22.0 Å². The van der Waals surface area contributed by atoms with Crippen LogP contribution in [0.25, 0.3) is 0 Å². The van der Waals surface area contributed by atoms with Crippen molar-refractivity contribution in [3.63, 3.8) is 0 Å². The number of hydrogen-bond acceptors (Lipinski definition) is 5. The normalized spacial score (nSPS) is 17.2. The molecule has 25 heavy (non-hydrogen) atoms. The molecule has 8 heteroatoms. The van der Waals surface area contributed by atoms with Crippen LogP contribution < -0.4 is 14.8 Å². The predicted molar refractivity (Wildman–Crippen MR) is 94.2 cm³/mol. The molecule has 1 unspecified atom stereocenters. The number of aliphatic carboxylic acids is 1. The molecule has 3 N–H and O–H groups in total. The first kappa shape index (κ1) is 19.7. The summed E-state index contributed by atoms with van der Waals surface area (Å²) in [5.41, 5.74) is 0. The van der Waals surface area contributed by atoms with Gasteiger partial charge in [-0.05, 0) is 62.5 Å². The molecule has 0 amide bonds. The molecule has 1 atom stereocenters. The summed E-state index contributed by atoms with van der Waals surface area (Å²) in [4.78, 5) is 11.6. The number of nitrogens with one attached hydrogen (secondary N) is 2. The lowest BCUT2D eigenvalue weighted by atomic mass is 9.91. The van der Waals surface area contributed by atoms with Gasteiger partial charge in [-0.3, -0.25) is 4.79 Å². The Balaban J connectivity index is 2.06. The van der Waals surface area contributed by atoms with Crippen LogP contribution in [0.15, 0.2) is 29.2 Å². The lowest BCUT2D eigenvalue weighted by molar-refractivity contribution is -0.140. The second-order valence-corrected chi connectivity index (χ2v) is 7.91. The molecule has 0 bridgehead atoms. The van der Waals surface area contributed by atoms with Crippen molar-refractivity contribution in [3.05, 3.63) is 24.3 Å². The first-order chi connectivity index (χ1) is 11.9. The number of carbonyl (C=O) groups is 1. The predicted octanol–water partition coefficient (Wildman–Crippen LogP) is 1.60. The molecule has 0 aromatic heterocycles. The van der Waals surface area contributed by atoms with E-state index in [4.69, 9.17) is 4.74 Å². The minimum Gasteiger partial charge on any atom is -0.494 e. The van der Waals surface area contributed by atoms with Crippen molar-refractivity contribution in [3.8, 4) is 5.75 Å². The fourth-order valence-electron chi connectivity index (χ4n) is 2.81. The summed E-state index contributed by atoms with van der Waals surface area (Å²) in [5.74, 6) is -0.763. The van der Waals surface area contributed by atoms with Crippen LogP contribution in [0.3, 0.4) is 0 Å². The SMILES string of the molecule is CCCCOc1ccc(S(=O)(=O)NC(C(=O)O)C2CCNCC2)cc1. The maximum Gasteiger partial charge on any atom is 0.322 e. The Bertz CT molecular complexity index is 654. The van der Waals surface area contributed by atoms with E-state index in [0.29, 0.717) is 38.3 Å². The molecule has 2 rings (SSSR count). The van der Waals surface area contributed by atoms with Crippen molar-refractivity contribution in [2.24, 2.45) is 5.92 Å². The van der Waals surface area contributed by atoms with Crippen LogP contribution in [0.5, 0.6) is 5.75 Å². The van der Waals surface area contributed by atoms with Gasteiger partial charge in [0.05, 0.1) is 11.5 Å². The van der Waals surface area contributed by atoms with Crippen molar-refractivity contribution in [2.45, 2.75) is 43.5 Å². The van der Waals surface area contributed by atoms with E-state index in [2.05, 4.69) is 17.0 Å². The van der Waals surface area contributed by atoms with Crippen LogP contribution in [-0.4, -0.2) is 45.2 Å². The van der Waals surface area contributed by atoms with Crippen LogP contribution in [0.2, 0.25) is 0 Å². The van der Waals surface area contributed by atoms with Gasteiger partial charge in [-0.1, -0.05) is 13.3 Å². The minimum atomic E-state index is -3.90. The van der Waals surface area contributed by atoms with E-state index >= 15 is 0 Å².